The van der Waals surface area contributed by atoms with Crippen molar-refractivity contribution in [3.8, 4) is 0 Å². The van der Waals surface area contributed by atoms with Crippen molar-refractivity contribution in [2.45, 2.75) is 25.8 Å². The van der Waals surface area contributed by atoms with Crippen molar-refractivity contribution in [2.75, 3.05) is 20.2 Å². The lowest BCUT2D eigenvalue weighted by atomic mass is 9.95. The highest BCUT2D eigenvalue weighted by Crippen LogP contribution is 2.18. The van der Waals surface area contributed by atoms with Crippen LogP contribution >= 0.6 is 11.6 Å². The zero-order valence-corrected chi connectivity index (χ0v) is 11.2. The molecule has 0 unspecified atom stereocenters. The van der Waals surface area contributed by atoms with Crippen LogP contribution in [0.5, 0.6) is 0 Å². The summed E-state index contributed by atoms with van der Waals surface area (Å²) in [6, 6.07) is 1.55. The lowest BCUT2D eigenvalue weighted by molar-refractivity contribution is 0.0585. The van der Waals surface area contributed by atoms with E-state index in [4.69, 9.17) is 16.3 Å². The van der Waals surface area contributed by atoms with Gasteiger partial charge in [0.2, 0.25) is 0 Å². The maximum atomic E-state index is 11.5. The van der Waals surface area contributed by atoms with E-state index in [0.717, 1.165) is 19.5 Å². The van der Waals surface area contributed by atoms with E-state index in [1.165, 1.54) is 20.0 Å². The Labute approximate surface area is 111 Å². The highest BCUT2D eigenvalue weighted by Gasteiger charge is 2.17. The molecule has 2 rings (SSSR count). The predicted octanol–water partition coefficient (Wildman–Crippen LogP) is 1.71. The van der Waals surface area contributed by atoms with Gasteiger partial charge in [0.05, 0.1) is 7.11 Å². The Kier molecular flexibility index (Phi) is 4.60. The monoisotopic (exact) mass is 271 g/mol. The lowest BCUT2D eigenvalue weighted by Crippen LogP contribution is -2.28. The van der Waals surface area contributed by atoms with Gasteiger partial charge in [0, 0.05) is 12.6 Å². The average molecular weight is 272 g/mol. The molecule has 1 N–H and O–H groups in total. The van der Waals surface area contributed by atoms with Crippen LogP contribution < -0.4 is 5.32 Å². The van der Waals surface area contributed by atoms with Crippen molar-refractivity contribution >= 4 is 17.6 Å². The quantitative estimate of drug-likeness (QED) is 0.847. The molecule has 1 aliphatic rings. The molecule has 0 aromatic carbocycles. The number of rotatable bonds is 4. The summed E-state index contributed by atoms with van der Waals surface area (Å²) in [4.78, 5) is 11.5. The topological polar surface area (TPSA) is 56.1 Å². The molecule has 5 nitrogen and oxygen atoms in total. The average Bonchev–Trinajstić information content (AvgIpc) is 2.78. The number of piperidine rings is 1. The molecule has 1 fully saturated rings. The molecule has 0 amide bonds. The normalized spacial score (nSPS) is 16.8. The number of hydrogen-bond donors (Lipinski definition) is 1. The first-order valence-corrected chi connectivity index (χ1v) is 6.61. The van der Waals surface area contributed by atoms with Crippen LogP contribution in [0.3, 0.4) is 0 Å². The van der Waals surface area contributed by atoms with Crippen molar-refractivity contribution in [2.24, 2.45) is 5.92 Å². The number of aromatic nitrogens is 2. The van der Waals surface area contributed by atoms with Gasteiger partial charge in [-0.15, -0.1) is 0 Å². The fraction of sp³-hybridized carbons (Fsp3) is 0.667. The van der Waals surface area contributed by atoms with Gasteiger partial charge in [-0.05, 0) is 38.3 Å². The second-order valence-corrected chi connectivity index (χ2v) is 4.94. The number of carbonyl (C=O) groups excluding carboxylic acids is 1. The number of ether oxygens (including phenoxy) is 1. The number of methoxy groups -OCH3 is 1. The summed E-state index contributed by atoms with van der Waals surface area (Å²) >= 11 is 5.84. The van der Waals surface area contributed by atoms with E-state index in [1.807, 2.05) is 0 Å². The van der Waals surface area contributed by atoms with Crippen LogP contribution in [0.1, 0.15) is 29.8 Å². The first-order chi connectivity index (χ1) is 8.70. The molecule has 100 valence electrons. The molecular weight excluding hydrogens is 254 g/mol. The first kappa shape index (κ1) is 13.4. The second-order valence-electron chi connectivity index (χ2n) is 4.55. The summed E-state index contributed by atoms with van der Waals surface area (Å²) in [7, 11) is 1.36. The van der Waals surface area contributed by atoms with Gasteiger partial charge in [-0.25, -0.2) is 4.79 Å². The third-order valence-electron chi connectivity index (χ3n) is 3.35. The Morgan fingerprint density at radius 3 is 3.00 bits per heavy atom. The summed E-state index contributed by atoms with van der Waals surface area (Å²) in [6.45, 7) is 2.87. The summed E-state index contributed by atoms with van der Waals surface area (Å²) in [5.41, 5.74) is 0.427. The van der Waals surface area contributed by atoms with E-state index in [2.05, 4.69) is 10.4 Å². The fourth-order valence-corrected chi connectivity index (χ4v) is 2.49. The largest absolute Gasteiger partial charge is 0.464 e. The molecule has 2 heterocycles. The van der Waals surface area contributed by atoms with Gasteiger partial charge in [0.1, 0.15) is 5.69 Å². The maximum absolute atomic E-state index is 11.5. The molecule has 1 aromatic heterocycles. The zero-order valence-electron chi connectivity index (χ0n) is 10.5. The van der Waals surface area contributed by atoms with Crippen molar-refractivity contribution in [3.05, 3.63) is 16.9 Å². The van der Waals surface area contributed by atoms with E-state index in [-0.39, 0.29) is 5.97 Å². The minimum atomic E-state index is -0.389. The smallest absolute Gasteiger partial charge is 0.356 e. The van der Waals surface area contributed by atoms with Crippen LogP contribution in [0.25, 0.3) is 0 Å². The Morgan fingerprint density at radius 1 is 1.61 bits per heavy atom. The standard InChI is InChI=1S/C12H18ClN3O2/c1-18-12(17)10-8-11(13)15-16(10)7-4-9-2-5-14-6-3-9/h8-9,14H,2-7H2,1H3. The van der Waals surface area contributed by atoms with Crippen molar-refractivity contribution < 1.29 is 9.53 Å². The van der Waals surface area contributed by atoms with Gasteiger partial charge in [-0.3, -0.25) is 4.68 Å². The number of nitrogens with zero attached hydrogens (tertiary/aromatic N) is 2. The molecule has 18 heavy (non-hydrogen) atoms. The third-order valence-corrected chi connectivity index (χ3v) is 3.54. The number of nitrogens with one attached hydrogen (secondary N) is 1. The molecule has 0 spiro atoms. The van der Waals surface area contributed by atoms with E-state index in [9.17, 15) is 4.79 Å². The molecule has 1 saturated heterocycles. The molecule has 1 aromatic rings. The molecular formula is C12H18ClN3O2. The summed E-state index contributed by atoms with van der Waals surface area (Å²) in [5, 5.41) is 7.80. The van der Waals surface area contributed by atoms with Crippen LogP contribution in [0, 0.1) is 5.92 Å². The van der Waals surface area contributed by atoms with Gasteiger partial charge in [0.25, 0.3) is 0 Å². The van der Waals surface area contributed by atoms with Gasteiger partial charge < -0.3 is 10.1 Å². The fourth-order valence-electron chi connectivity index (χ4n) is 2.30. The third kappa shape index (κ3) is 3.23. The molecule has 6 heteroatoms. The maximum Gasteiger partial charge on any atom is 0.356 e. The molecule has 1 aliphatic heterocycles. The van der Waals surface area contributed by atoms with Gasteiger partial charge in [-0.2, -0.15) is 5.10 Å². The molecule has 0 atom stereocenters. The van der Waals surface area contributed by atoms with Crippen molar-refractivity contribution in [1.82, 2.24) is 15.1 Å². The number of esters is 1. The summed E-state index contributed by atoms with van der Waals surface area (Å²) in [5.74, 6) is 0.305. The second kappa shape index (κ2) is 6.20. The van der Waals surface area contributed by atoms with Crippen LogP contribution in [0.4, 0.5) is 0 Å². The summed E-state index contributed by atoms with van der Waals surface area (Å²) in [6.07, 6.45) is 3.38. The van der Waals surface area contributed by atoms with Crippen LogP contribution in [-0.4, -0.2) is 35.9 Å². The molecule has 0 radical (unpaired) electrons. The lowest BCUT2D eigenvalue weighted by Gasteiger charge is -2.22. The SMILES string of the molecule is COC(=O)c1cc(Cl)nn1CCC1CCNCC1. The van der Waals surface area contributed by atoms with Crippen molar-refractivity contribution in [1.29, 1.82) is 0 Å². The zero-order chi connectivity index (χ0) is 13.0. The van der Waals surface area contributed by atoms with Crippen LogP contribution in [0.15, 0.2) is 6.07 Å². The Bertz CT molecular complexity index is 413. The Morgan fingerprint density at radius 2 is 2.33 bits per heavy atom. The van der Waals surface area contributed by atoms with Gasteiger partial charge in [-0.1, -0.05) is 11.6 Å². The highest BCUT2D eigenvalue weighted by molar-refractivity contribution is 6.29. The van der Waals surface area contributed by atoms with E-state index >= 15 is 0 Å². The van der Waals surface area contributed by atoms with Crippen molar-refractivity contribution in [3.63, 3.8) is 0 Å². The molecule has 0 bridgehead atoms. The first-order valence-electron chi connectivity index (χ1n) is 6.23. The minimum Gasteiger partial charge on any atom is -0.464 e. The molecule has 0 aliphatic carbocycles. The van der Waals surface area contributed by atoms with E-state index < -0.39 is 0 Å². The van der Waals surface area contributed by atoms with Crippen LogP contribution in [0.2, 0.25) is 5.15 Å². The van der Waals surface area contributed by atoms with Gasteiger partial charge >= 0.3 is 5.97 Å². The van der Waals surface area contributed by atoms with Crippen LogP contribution in [-0.2, 0) is 11.3 Å². The number of aryl methyl sites for hydroxylation is 1. The van der Waals surface area contributed by atoms with E-state index in [1.54, 1.807) is 10.7 Å². The molecule has 0 saturated carbocycles. The number of hydrogen-bond acceptors (Lipinski definition) is 4. The summed E-state index contributed by atoms with van der Waals surface area (Å²) < 4.78 is 6.36. The van der Waals surface area contributed by atoms with E-state index in [0.29, 0.717) is 23.3 Å². The number of halogens is 1. The predicted molar refractivity (Wildman–Crippen MR) is 68.8 cm³/mol. The number of carbonyl (C=O) groups is 1. The highest BCUT2D eigenvalue weighted by atomic mass is 35.5. The Balaban J connectivity index is 1.97. The van der Waals surface area contributed by atoms with Gasteiger partial charge in [0.15, 0.2) is 5.15 Å². The minimum absolute atomic E-state index is 0.334. The Hall–Kier alpha value is -1.07.